The maximum Gasteiger partial charge on any atom is 0.222 e. The van der Waals surface area contributed by atoms with Crippen LogP contribution in [0.25, 0.3) is 0 Å². The molecular formula is C17H25ClN2O. The lowest BCUT2D eigenvalue weighted by molar-refractivity contribution is -0.130. The van der Waals surface area contributed by atoms with Crippen molar-refractivity contribution in [3.05, 3.63) is 35.9 Å². The number of carbonyl (C=O) groups excluding carboxylic acids is 1. The third-order valence-electron chi connectivity index (χ3n) is 4.68. The lowest BCUT2D eigenvalue weighted by Crippen LogP contribution is -2.30. The molecule has 4 heteroatoms. The molecule has 0 aromatic heterocycles. The maximum atomic E-state index is 12.3. The number of benzene rings is 1. The SMILES string of the molecule is Cl.O=C(CCC1CCCN1)N1CCC(c2ccccc2)C1. The lowest BCUT2D eigenvalue weighted by Gasteiger charge is -2.18. The second-order valence-electron chi connectivity index (χ2n) is 6.07. The molecule has 2 unspecified atom stereocenters. The van der Waals surface area contributed by atoms with E-state index in [2.05, 4.69) is 40.5 Å². The van der Waals surface area contributed by atoms with Crippen molar-refractivity contribution >= 4 is 18.3 Å². The highest BCUT2D eigenvalue weighted by molar-refractivity contribution is 5.85. The van der Waals surface area contributed by atoms with Gasteiger partial charge in [0.25, 0.3) is 0 Å². The lowest BCUT2D eigenvalue weighted by atomic mass is 9.99. The maximum absolute atomic E-state index is 12.3. The van der Waals surface area contributed by atoms with Gasteiger partial charge in [0.15, 0.2) is 0 Å². The van der Waals surface area contributed by atoms with E-state index in [0.717, 1.165) is 32.5 Å². The first-order chi connectivity index (χ1) is 9.83. The molecule has 2 fully saturated rings. The van der Waals surface area contributed by atoms with E-state index in [9.17, 15) is 4.79 Å². The summed E-state index contributed by atoms with van der Waals surface area (Å²) >= 11 is 0. The van der Waals surface area contributed by atoms with Crippen LogP contribution in [0.5, 0.6) is 0 Å². The molecule has 0 radical (unpaired) electrons. The van der Waals surface area contributed by atoms with Gasteiger partial charge in [0, 0.05) is 31.5 Å². The van der Waals surface area contributed by atoms with Crippen LogP contribution in [0.2, 0.25) is 0 Å². The number of amides is 1. The van der Waals surface area contributed by atoms with Gasteiger partial charge < -0.3 is 10.2 Å². The van der Waals surface area contributed by atoms with E-state index in [4.69, 9.17) is 0 Å². The molecule has 2 atom stereocenters. The topological polar surface area (TPSA) is 32.3 Å². The van der Waals surface area contributed by atoms with Crippen molar-refractivity contribution in [1.82, 2.24) is 10.2 Å². The Morgan fingerprint density at radius 3 is 2.76 bits per heavy atom. The summed E-state index contributed by atoms with van der Waals surface area (Å²) in [4.78, 5) is 14.3. The zero-order valence-corrected chi connectivity index (χ0v) is 13.3. The summed E-state index contributed by atoms with van der Waals surface area (Å²) in [5.74, 6) is 0.877. The molecule has 1 aromatic rings. The number of likely N-dealkylation sites (tertiary alicyclic amines) is 1. The van der Waals surface area contributed by atoms with E-state index >= 15 is 0 Å². The quantitative estimate of drug-likeness (QED) is 0.927. The minimum Gasteiger partial charge on any atom is -0.342 e. The van der Waals surface area contributed by atoms with Crippen LogP contribution in [0.1, 0.15) is 43.6 Å². The molecule has 0 aliphatic carbocycles. The number of rotatable bonds is 4. The summed E-state index contributed by atoms with van der Waals surface area (Å²) in [6.07, 6.45) is 5.32. The molecule has 1 amide bonds. The van der Waals surface area contributed by atoms with Crippen LogP contribution < -0.4 is 5.32 Å². The molecule has 116 valence electrons. The fourth-order valence-corrected chi connectivity index (χ4v) is 3.44. The summed E-state index contributed by atoms with van der Waals surface area (Å²) in [5, 5.41) is 3.47. The van der Waals surface area contributed by atoms with Crippen LogP contribution in [-0.2, 0) is 4.79 Å². The van der Waals surface area contributed by atoms with Crippen LogP contribution in [0.4, 0.5) is 0 Å². The highest BCUT2D eigenvalue weighted by Crippen LogP contribution is 2.27. The van der Waals surface area contributed by atoms with E-state index < -0.39 is 0 Å². The van der Waals surface area contributed by atoms with Gasteiger partial charge in [-0.1, -0.05) is 30.3 Å². The van der Waals surface area contributed by atoms with Crippen LogP contribution in [0, 0.1) is 0 Å². The van der Waals surface area contributed by atoms with Gasteiger partial charge in [0.2, 0.25) is 5.91 Å². The number of hydrogen-bond acceptors (Lipinski definition) is 2. The number of halogens is 1. The van der Waals surface area contributed by atoms with Crippen molar-refractivity contribution in [1.29, 1.82) is 0 Å². The molecule has 3 rings (SSSR count). The molecule has 21 heavy (non-hydrogen) atoms. The largest absolute Gasteiger partial charge is 0.342 e. The van der Waals surface area contributed by atoms with E-state index in [0.29, 0.717) is 24.3 Å². The second-order valence-corrected chi connectivity index (χ2v) is 6.07. The predicted octanol–water partition coefficient (Wildman–Crippen LogP) is 2.96. The first-order valence-electron chi connectivity index (χ1n) is 7.89. The van der Waals surface area contributed by atoms with Gasteiger partial charge >= 0.3 is 0 Å². The Morgan fingerprint density at radius 1 is 1.24 bits per heavy atom. The van der Waals surface area contributed by atoms with E-state index in [1.807, 2.05) is 0 Å². The third kappa shape index (κ3) is 4.21. The molecule has 2 aliphatic heterocycles. The van der Waals surface area contributed by atoms with Crippen molar-refractivity contribution < 1.29 is 4.79 Å². The normalized spacial score (nSPS) is 24.9. The molecule has 0 bridgehead atoms. The van der Waals surface area contributed by atoms with Crippen molar-refractivity contribution in [2.45, 2.75) is 44.1 Å². The molecule has 1 aromatic carbocycles. The fourth-order valence-electron chi connectivity index (χ4n) is 3.44. The van der Waals surface area contributed by atoms with Crippen molar-refractivity contribution in [3.8, 4) is 0 Å². The number of carbonyl (C=O) groups is 1. The summed E-state index contributed by atoms with van der Waals surface area (Å²) in [6, 6.07) is 11.2. The Balaban J connectivity index is 0.00000161. The Hall–Kier alpha value is -1.06. The number of nitrogens with one attached hydrogen (secondary N) is 1. The van der Waals surface area contributed by atoms with Crippen LogP contribution in [0.15, 0.2) is 30.3 Å². The first-order valence-corrected chi connectivity index (χ1v) is 7.89. The standard InChI is InChI=1S/C17H24N2O.ClH/c20-17(9-8-16-7-4-11-18-16)19-12-10-15(13-19)14-5-2-1-3-6-14;/h1-3,5-6,15-16,18H,4,7-13H2;1H. The van der Waals surface area contributed by atoms with Gasteiger partial charge in [-0.3, -0.25) is 4.79 Å². The van der Waals surface area contributed by atoms with Gasteiger partial charge in [-0.15, -0.1) is 12.4 Å². The first kappa shape index (κ1) is 16.3. The molecule has 2 aliphatic rings. The van der Waals surface area contributed by atoms with Gasteiger partial charge in [0.05, 0.1) is 0 Å². The number of hydrogen-bond donors (Lipinski definition) is 1. The Labute approximate surface area is 133 Å². The van der Waals surface area contributed by atoms with Gasteiger partial charge in [-0.25, -0.2) is 0 Å². The molecule has 0 spiro atoms. The highest BCUT2D eigenvalue weighted by atomic mass is 35.5. The van der Waals surface area contributed by atoms with E-state index in [1.54, 1.807) is 0 Å². The van der Waals surface area contributed by atoms with Crippen molar-refractivity contribution in [2.75, 3.05) is 19.6 Å². The van der Waals surface area contributed by atoms with Crippen molar-refractivity contribution in [2.24, 2.45) is 0 Å². The predicted molar refractivity (Wildman–Crippen MR) is 87.9 cm³/mol. The van der Waals surface area contributed by atoms with Gasteiger partial charge in [0.1, 0.15) is 0 Å². The molecule has 2 saturated heterocycles. The third-order valence-corrected chi connectivity index (χ3v) is 4.68. The zero-order valence-electron chi connectivity index (χ0n) is 12.5. The van der Waals surface area contributed by atoms with E-state index in [1.165, 1.54) is 18.4 Å². The Kier molecular flexibility index (Phi) is 6.07. The molecule has 1 N–H and O–H groups in total. The summed E-state index contributed by atoms with van der Waals surface area (Å²) in [7, 11) is 0. The van der Waals surface area contributed by atoms with Crippen LogP contribution in [-0.4, -0.2) is 36.5 Å². The highest BCUT2D eigenvalue weighted by Gasteiger charge is 2.27. The zero-order chi connectivity index (χ0) is 13.8. The summed E-state index contributed by atoms with van der Waals surface area (Å²) in [6.45, 7) is 2.95. The minimum absolute atomic E-state index is 0. The summed E-state index contributed by atoms with van der Waals surface area (Å²) in [5.41, 5.74) is 1.38. The van der Waals surface area contributed by atoms with Gasteiger partial charge in [-0.2, -0.15) is 0 Å². The number of nitrogens with zero attached hydrogens (tertiary/aromatic N) is 1. The monoisotopic (exact) mass is 308 g/mol. The van der Waals surface area contributed by atoms with Crippen molar-refractivity contribution in [3.63, 3.8) is 0 Å². The molecule has 3 nitrogen and oxygen atoms in total. The smallest absolute Gasteiger partial charge is 0.222 e. The summed E-state index contributed by atoms with van der Waals surface area (Å²) < 4.78 is 0. The average molecular weight is 309 g/mol. The Morgan fingerprint density at radius 2 is 2.05 bits per heavy atom. The minimum atomic E-state index is 0. The average Bonchev–Trinajstić information content (AvgIpc) is 3.17. The van der Waals surface area contributed by atoms with E-state index in [-0.39, 0.29) is 12.4 Å². The second kappa shape index (κ2) is 7.81. The van der Waals surface area contributed by atoms with Crippen LogP contribution >= 0.6 is 12.4 Å². The van der Waals surface area contributed by atoms with Crippen LogP contribution in [0.3, 0.4) is 0 Å². The molecular weight excluding hydrogens is 284 g/mol. The molecule has 2 heterocycles. The Bertz CT molecular complexity index is 445. The molecule has 0 saturated carbocycles. The fraction of sp³-hybridized carbons (Fsp3) is 0.588. The van der Waals surface area contributed by atoms with Gasteiger partial charge in [-0.05, 0) is 37.8 Å².